The molecule has 6 aromatic carbocycles. The summed E-state index contributed by atoms with van der Waals surface area (Å²) in [4.78, 5) is 306. The third kappa shape index (κ3) is 9.11. The van der Waals surface area contributed by atoms with Gasteiger partial charge in [-0.2, -0.15) is 0 Å². The van der Waals surface area contributed by atoms with Crippen molar-refractivity contribution in [1.82, 2.24) is 0 Å². The number of hydrogen-bond donors (Lipinski definition) is 0. The average Bonchev–Trinajstić information content (AvgIpc) is 1.52. The van der Waals surface area contributed by atoms with Crippen LogP contribution in [-0.4, -0.2) is 153 Å². The van der Waals surface area contributed by atoms with Crippen LogP contribution in [0.3, 0.4) is 0 Å². The topological polar surface area (TPSA) is 484 Å². The molecule has 6 atom stereocenters. The molecule has 6 aromatic rings. The maximum Gasteiger partial charge on any atom is 0.346 e. The number of rotatable bonds is 6. The number of esters is 12. The van der Waals surface area contributed by atoms with Gasteiger partial charge in [0, 0.05) is 0 Å². The second-order valence-electron chi connectivity index (χ2n) is 25.8. The van der Waals surface area contributed by atoms with Gasteiger partial charge in [0.15, 0.2) is 10.8 Å². The molecule has 0 N–H and O–H groups in total. The zero-order chi connectivity index (χ0) is 77.9. The van der Waals surface area contributed by atoms with E-state index in [1.54, 1.807) is 0 Å². The lowest BCUT2D eigenvalue weighted by atomic mass is 9.70. The van der Waals surface area contributed by atoms with Gasteiger partial charge in [-0.15, -0.1) is 23.2 Å². The molecular formula is C71H32Cl2N6O30. The molecule has 3 spiro atoms. The van der Waals surface area contributed by atoms with Gasteiger partial charge >= 0.3 is 71.6 Å². The van der Waals surface area contributed by atoms with E-state index in [-0.39, 0.29) is 101 Å². The van der Waals surface area contributed by atoms with E-state index in [9.17, 15) is 115 Å². The second kappa shape index (κ2) is 23.3. The van der Waals surface area contributed by atoms with Gasteiger partial charge in [-0.05, 0) is 109 Å². The van der Waals surface area contributed by atoms with E-state index in [1.807, 2.05) is 0 Å². The first kappa shape index (κ1) is 69.0. The first-order valence-electron chi connectivity index (χ1n) is 31.6. The van der Waals surface area contributed by atoms with E-state index >= 15 is 0 Å². The quantitative estimate of drug-likeness (QED) is 0.0760. The SMILES string of the molecule is CC1C(=O)N(c2ccc3c(c2)C(=O)OC3=O)C(=O)C12C(=O)N(c1ccc3c(c1)C(=O)OC3=O)C(=O)[C@@H]2C.O=C1OC(=O)c2cc(N3C(=O)C(Cl)C4(C3=O)C(=O)N(c3ccc5c(c3)C(=O)OC5=O)C(=O)[C@@H]4Cl)ccc21.O=C1OC(=O)c2cc(N3C(=O)CC4(CC(=O)N(c5ccc6c(c5)C(=O)OC6=O)C4=O)C3=O)ccc21. The van der Waals surface area contributed by atoms with Gasteiger partial charge in [0.2, 0.25) is 23.6 Å². The Bertz CT molecular complexity index is 5230. The molecule has 12 amide bonds. The fraction of sp³-hybridized carbons (Fsp3) is 0.155. The van der Waals surface area contributed by atoms with Crippen LogP contribution >= 0.6 is 23.2 Å². The molecule has 0 radical (unpaired) electrons. The maximum absolute atomic E-state index is 13.8. The minimum Gasteiger partial charge on any atom is -0.386 e. The Morgan fingerprint density at radius 2 is 0.450 bits per heavy atom. The molecule has 0 aromatic heterocycles. The third-order valence-corrected chi connectivity index (χ3v) is 21.5. The highest BCUT2D eigenvalue weighted by molar-refractivity contribution is 6.56. The lowest BCUT2D eigenvalue weighted by molar-refractivity contribution is -0.142. The summed E-state index contributed by atoms with van der Waals surface area (Å²) in [5, 5.41) is -3.85. The Morgan fingerprint density at radius 3 is 0.679 bits per heavy atom. The molecule has 6 saturated heterocycles. The number of carbonyl (C=O) groups excluding carboxylic acids is 24. The van der Waals surface area contributed by atoms with Crippen LogP contribution in [0, 0.1) is 28.1 Å². The number of imide groups is 6. The van der Waals surface area contributed by atoms with Gasteiger partial charge in [-0.1, -0.05) is 13.8 Å². The van der Waals surface area contributed by atoms with Crippen molar-refractivity contribution >= 4 is 200 Å². The minimum atomic E-state index is -2.57. The summed E-state index contributed by atoms with van der Waals surface area (Å²) in [5.74, 6) is -25.2. The fourth-order valence-corrected chi connectivity index (χ4v) is 15.8. The highest BCUT2D eigenvalue weighted by Crippen LogP contribution is 2.55. The number of halogens is 2. The monoisotopic (exact) mass is 1520 g/mol. The summed E-state index contributed by atoms with van der Waals surface area (Å²) in [5.41, 5.74) is -8.60. The van der Waals surface area contributed by atoms with Crippen molar-refractivity contribution in [2.45, 2.75) is 37.4 Å². The molecular weight excluding hydrogens is 1490 g/mol. The molecule has 4 unspecified atom stereocenters. The molecule has 12 aliphatic heterocycles. The summed E-state index contributed by atoms with van der Waals surface area (Å²) in [6.45, 7) is 2.71. The number of cyclic esters (lactones) is 12. The van der Waals surface area contributed by atoms with E-state index in [0.29, 0.717) is 19.6 Å². The summed E-state index contributed by atoms with van der Waals surface area (Å²) in [7, 11) is 0. The molecule has 18 rings (SSSR count). The van der Waals surface area contributed by atoms with Crippen LogP contribution in [0.2, 0.25) is 0 Å². The van der Waals surface area contributed by atoms with E-state index < -0.39 is 194 Å². The van der Waals surface area contributed by atoms with Crippen LogP contribution in [0.15, 0.2) is 109 Å². The van der Waals surface area contributed by atoms with Crippen molar-refractivity contribution in [3.63, 3.8) is 0 Å². The zero-order valence-corrected chi connectivity index (χ0v) is 55.8. The highest BCUT2D eigenvalue weighted by Gasteiger charge is 2.76. The number of nitrogens with zero attached hydrogens (tertiary/aromatic N) is 6. The fourth-order valence-electron chi connectivity index (χ4n) is 15.0. The lowest BCUT2D eigenvalue weighted by Crippen LogP contribution is -2.48. The Balaban J connectivity index is 0.000000125. The molecule has 540 valence electrons. The molecule has 38 heteroatoms. The first-order chi connectivity index (χ1) is 51.6. The Morgan fingerprint density at radius 1 is 0.257 bits per heavy atom. The number of amides is 12. The van der Waals surface area contributed by atoms with Crippen LogP contribution in [0.25, 0.3) is 0 Å². The minimum absolute atomic E-state index is 0.0283. The number of fused-ring (bicyclic) bond motifs is 6. The summed E-state index contributed by atoms with van der Waals surface area (Å²) >= 11 is 12.6. The maximum atomic E-state index is 13.8. The summed E-state index contributed by atoms with van der Waals surface area (Å²) in [6, 6.07) is 21.3. The first-order valence-corrected chi connectivity index (χ1v) is 32.5. The second-order valence-corrected chi connectivity index (χ2v) is 26.6. The number of alkyl halides is 2. The molecule has 109 heavy (non-hydrogen) atoms. The Labute approximate surface area is 611 Å². The predicted molar refractivity (Wildman–Crippen MR) is 346 cm³/mol. The highest BCUT2D eigenvalue weighted by atomic mass is 35.5. The van der Waals surface area contributed by atoms with Gasteiger partial charge in [-0.3, -0.25) is 57.5 Å². The normalized spacial score (nSPS) is 24.4. The number of benzene rings is 6. The smallest absolute Gasteiger partial charge is 0.346 e. The van der Waals surface area contributed by atoms with Crippen LogP contribution in [-0.2, 0) is 86.0 Å². The van der Waals surface area contributed by atoms with E-state index in [0.717, 1.165) is 58.3 Å². The van der Waals surface area contributed by atoms with Crippen LogP contribution in [0.1, 0.15) is 151 Å². The van der Waals surface area contributed by atoms with Crippen molar-refractivity contribution in [2.24, 2.45) is 28.1 Å². The zero-order valence-electron chi connectivity index (χ0n) is 54.3. The van der Waals surface area contributed by atoms with E-state index in [2.05, 4.69) is 28.4 Å². The van der Waals surface area contributed by atoms with E-state index in [4.69, 9.17) is 23.2 Å². The Hall–Kier alpha value is -14.4. The molecule has 6 fully saturated rings. The number of carbonyl (C=O) groups is 24. The summed E-state index contributed by atoms with van der Waals surface area (Å²) in [6.07, 6.45) is -1.20. The molecule has 36 nitrogen and oxygen atoms in total. The third-order valence-electron chi connectivity index (χ3n) is 20.4. The van der Waals surface area contributed by atoms with Crippen molar-refractivity contribution in [1.29, 1.82) is 0 Å². The van der Waals surface area contributed by atoms with E-state index in [1.165, 1.54) is 74.5 Å². The largest absolute Gasteiger partial charge is 0.386 e. The van der Waals surface area contributed by atoms with Crippen LogP contribution in [0.5, 0.6) is 0 Å². The van der Waals surface area contributed by atoms with Crippen molar-refractivity contribution in [3.8, 4) is 0 Å². The molecule has 0 bridgehead atoms. The summed E-state index contributed by atoms with van der Waals surface area (Å²) < 4.78 is 27.1. The molecule has 0 saturated carbocycles. The lowest BCUT2D eigenvalue weighted by Gasteiger charge is -2.25. The van der Waals surface area contributed by atoms with Gasteiger partial charge in [0.25, 0.3) is 47.3 Å². The predicted octanol–water partition coefficient (Wildman–Crippen LogP) is 2.49. The number of anilines is 6. The Kier molecular flexibility index (Phi) is 14.7. The van der Waals surface area contributed by atoms with Gasteiger partial charge < -0.3 is 28.4 Å². The van der Waals surface area contributed by atoms with Crippen LogP contribution in [0.4, 0.5) is 34.1 Å². The van der Waals surface area contributed by atoms with Gasteiger partial charge in [-0.25, -0.2) is 86.9 Å². The number of ether oxygens (including phenoxy) is 6. The number of hydrogen-bond acceptors (Lipinski definition) is 30. The van der Waals surface area contributed by atoms with Crippen molar-refractivity contribution in [2.75, 3.05) is 29.4 Å². The molecule has 0 aliphatic carbocycles. The van der Waals surface area contributed by atoms with Crippen molar-refractivity contribution < 1.29 is 143 Å². The van der Waals surface area contributed by atoms with Gasteiger partial charge in [0.1, 0.15) is 16.2 Å². The standard InChI is InChI=1S/C25H14N2O10.C23H8Cl2N2O10.C23H10N2O10/c1-9-17(28)26(11-3-5-13-15(7-11)21(32)36-19(13)30)23(34)25(9)10(2)18(29)27(24(25)35)12-4-6-14-16(8-12)22(33)37-20(14)31;24-13-15(28)26(7-1-3-9-11(5-7)19(32)36-17(9)30)21(34)23(13)14(25)16(29)27(22(23)35)8-2-4-10-12(6-8)20(33)37-18(10)31;26-15-7-23(21(32)24(15)9-1-3-11-13(5-9)19(30)34-17(11)28)8-16(27)25(22(23)33)10-2-4-12-14(6-10)20(31)35-18(12)29/h3-10H,1-2H3;1-6,13-14H;1-6H,7-8H2/t9-,10?,25?;13-,14?,23?;/m00./s1. The van der Waals surface area contributed by atoms with Crippen molar-refractivity contribution in [3.05, 3.63) is 176 Å². The molecule has 12 heterocycles. The van der Waals surface area contributed by atoms with Gasteiger partial charge in [0.05, 0.1) is 126 Å². The molecule has 12 aliphatic rings. The average molecular weight is 1520 g/mol. The van der Waals surface area contributed by atoms with Crippen LogP contribution < -0.4 is 29.4 Å².